The molecule has 0 amide bonds. The van der Waals surface area contributed by atoms with Crippen LogP contribution in [0.4, 0.5) is 0 Å². The number of carbonyl (C=O) groups excluding carboxylic acids is 1. The number of halogens is 1. The second-order valence-corrected chi connectivity index (χ2v) is 4.20. The first-order valence-corrected chi connectivity index (χ1v) is 5.39. The van der Waals surface area contributed by atoms with Gasteiger partial charge in [0.05, 0.1) is 7.11 Å². The van der Waals surface area contributed by atoms with E-state index in [2.05, 4.69) is 15.9 Å². The topological polar surface area (TPSA) is 46.5 Å². The molecule has 0 aliphatic heterocycles. The Balaban J connectivity index is 3.11. The quantitative estimate of drug-likeness (QED) is 0.858. The van der Waals surface area contributed by atoms with Crippen LogP contribution in [0.3, 0.4) is 0 Å². The van der Waals surface area contributed by atoms with Gasteiger partial charge in [0.1, 0.15) is 6.29 Å². The van der Waals surface area contributed by atoms with Crippen LogP contribution in [-0.4, -0.2) is 18.5 Å². The average Bonchev–Trinajstić information content (AvgIpc) is 2.18. The van der Waals surface area contributed by atoms with Gasteiger partial charge in [-0.3, -0.25) is 0 Å². The highest BCUT2D eigenvalue weighted by Crippen LogP contribution is 2.36. The van der Waals surface area contributed by atoms with Gasteiger partial charge in [-0.2, -0.15) is 0 Å². The maximum Gasteiger partial charge on any atom is 0.160 e. The van der Waals surface area contributed by atoms with Crippen LogP contribution in [-0.2, 0) is 4.79 Å². The number of hydrogen-bond acceptors (Lipinski definition) is 3. The monoisotopic (exact) mass is 272 g/mol. The highest BCUT2D eigenvalue weighted by molar-refractivity contribution is 9.10. The number of aldehydes is 1. The first-order valence-electron chi connectivity index (χ1n) is 4.60. The molecule has 0 saturated carbocycles. The van der Waals surface area contributed by atoms with Crippen molar-refractivity contribution in [3.05, 3.63) is 22.2 Å². The zero-order valence-electron chi connectivity index (χ0n) is 8.66. The molecule has 0 saturated heterocycles. The summed E-state index contributed by atoms with van der Waals surface area (Å²) >= 11 is 3.35. The Labute approximate surface area is 97.2 Å². The number of methoxy groups -OCH3 is 1. The molecule has 1 aromatic rings. The zero-order chi connectivity index (χ0) is 11.4. The molecule has 0 heterocycles. The molecule has 0 radical (unpaired) electrons. The number of hydrogen-bond donors (Lipinski definition) is 1. The van der Waals surface area contributed by atoms with E-state index in [1.165, 1.54) is 7.11 Å². The largest absolute Gasteiger partial charge is 0.504 e. The van der Waals surface area contributed by atoms with Gasteiger partial charge < -0.3 is 14.6 Å². The lowest BCUT2D eigenvalue weighted by Gasteiger charge is -2.13. The van der Waals surface area contributed by atoms with Crippen LogP contribution < -0.4 is 4.74 Å². The highest BCUT2D eigenvalue weighted by Gasteiger charge is 2.13. The number of aromatic hydroxyl groups is 1. The van der Waals surface area contributed by atoms with Crippen molar-refractivity contribution in [1.82, 2.24) is 0 Å². The van der Waals surface area contributed by atoms with Gasteiger partial charge in [0.25, 0.3) is 0 Å². The molecule has 0 aromatic heterocycles. The van der Waals surface area contributed by atoms with Crippen molar-refractivity contribution in [3.8, 4) is 11.5 Å². The van der Waals surface area contributed by atoms with Gasteiger partial charge in [0.15, 0.2) is 11.5 Å². The Morgan fingerprint density at radius 1 is 1.60 bits per heavy atom. The van der Waals surface area contributed by atoms with Crippen molar-refractivity contribution in [3.63, 3.8) is 0 Å². The second kappa shape index (κ2) is 5.16. The van der Waals surface area contributed by atoms with E-state index < -0.39 is 0 Å². The zero-order valence-corrected chi connectivity index (χ0v) is 10.2. The molecular weight excluding hydrogens is 260 g/mol. The highest BCUT2D eigenvalue weighted by atomic mass is 79.9. The van der Waals surface area contributed by atoms with Crippen LogP contribution in [0.2, 0.25) is 0 Å². The minimum atomic E-state index is 0.0893. The molecule has 82 valence electrons. The molecule has 1 atom stereocenters. The Morgan fingerprint density at radius 2 is 2.27 bits per heavy atom. The second-order valence-electron chi connectivity index (χ2n) is 3.35. The smallest absolute Gasteiger partial charge is 0.160 e. The Bertz CT molecular complexity index is 363. The first-order chi connectivity index (χ1) is 7.10. The molecule has 0 spiro atoms. The van der Waals surface area contributed by atoms with Gasteiger partial charge >= 0.3 is 0 Å². The number of phenols is 1. The molecule has 1 unspecified atom stereocenters. The Hall–Kier alpha value is -1.03. The predicted octanol–water partition coefficient (Wildman–Crippen LogP) is 2.86. The average molecular weight is 273 g/mol. The normalized spacial score (nSPS) is 12.2. The number of rotatable bonds is 4. The molecule has 15 heavy (non-hydrogen) atoms. The third kappa shape index (κ3) is 2.72. The van der Waals surface area contributed by atoms with Crippen molar-refractivity contribution >= 4 is 22.2 Å². The lowest BCUT2D eigenvalue weighted by atomic mass is 9.98. The molecule has 3 nitrogen and oxygen atoms in total. The fourth-order valence-corrected chi connectivity index (χ4v) is 2.09. The molecule has 0 fully saturated rings. The summed E-state index contributed by atoms with van der Waals surface area (Å²) in [6, 6.07) is 3.32. The lowest BCUT2D eigenvalue weighted by Crippen LogP contribution is -1.97. The standard InChI is InChI=1S/C11H13BrO3/c1-7(3-4-13)8-5-11(15-2)10(14)6-9(8)12/h4-7,14H,3H2,1-2H3. The van der Waals surface area contributed by atoms with Gasteiger partial charge in [0, 0.05) is 10.9 Å². The minimum absolute atomic E-state index is 0.0893. The van der Waals surface area contributed by atoms with E-state index in [4.69, 9.17) is 4.74 Å². The molecule has 0 aliphatic carbocycles. The number of phenolic OH excluding ortho intramolecular Hbond substituents is 1. The van der Waals surface area contributed by atoms with Crippen LogP contribution in [0.5, 0.6) is 11.5 Å². The molecule has 0 aliphatic rings. The summed E-state index contributed by atoms with van der Waals surface area (Å²) in [7, 11) is 1.50. The van der Waals surface area contributed by atoms with Gasteiger partial charge in [-0.05, 0) is 23.6 Å². The van der Waals surface area contributed by atoms with Crippen LogP contribution in [0.1, 0.15) is 24.8 Å². The van der Waals surface area contributed by atoms with Gasteiger partial charge in [-0.1, -0.05) is 22.9 Å². The number of ether oxygens (including phenoxy) is 1. The number of benzene rings is 1. The molecule has 4 heteroatoms. The van der Waals surface area contributed by atoms with E-state index in [9.17, 15) is 9.90 Å². The summed E-state index contributed by atoms with van der Waals surface area (Å²) in [6.07, 6.45) is 1.34. The number of carbonyl (C=O) groups is 1. The third-order valence-electron chi connectivity index (χ3n) is 2.28. The summed E-state index contributed by atoms with van der Waals surface area (Å²) in [6.45, 7) is 1.95. The summed E-state index contributed by atoms with van der Waals surface area (Å²) in [5, 5.41) is 9.50. The van der Waals surface area contributed by atoms with E-state index in [0.717, 1.165) is 16.3 Å². The van der Waals surface area contributed by atoms with E-state index in [1.807, 2.05) is 6.92 Å². The molecule has 1 aromatic carbocycles. The van der Waals surface area contributed by atoms with E-state index in [0.29, 0.717) is 12.2 Å². The SMILES string of the molecule is COc1cc(C(C)CC=O)c(Br)cc1O. The fraction of sp³-hybridized carbons (Fsp3) is 0.364. The Morgan fingerprint density at radius 3 is 2.80 bits per heavy atom. The minimum Gasteiger partial charge on any atom is -0.504 e. The van der Waals surface area contributed by atoms with Crippen LogP contribution in [0.15, 0.2) is 16.6 Å². The van der Waals surface area contributed by atoms with Crippen molar-refractivity contribution in [2.24, 2.45) is 0 Å². The van der Waals surface area contributed by atoms with Crippen LogP contribution in [0.25, 0.3) is 0 Å². The van der Waals surface area contributed by atoms with Crippen molar-refractivity contribution < 1.29 is 14.6 Å². The fourth-order valence-electron chi connectivity index (χ4n) is 1.37. The van der Waals surface area contributed by atoms with Crippen LogP contribution in [0, 0.1) is 0 Å². The van der Waals surface area contributed by atoms with Crippen molar-refractivity contribution in [1.29, 1.82) is 0 Å². The van der Waals surface area contributed by atoms with Gasteiger partial charge in [0.2, 0.25) is 0 Å². The molecular formula is C11H13BrO3. The van der Waals surface area contributed by atoms with E-state index in [-0.39, 0.29) is 11.7 Å². The molecule has 1 N–H and O–H groups in total. The lowest BCUT2D eigenvalue weighted by molar-refractivity contribution is -0.108. The van der Waals surface area contributed by atoms with E-state index in [1.54, 1.807) is 12.1 Å². The molecule has 0 bridgehead atoms. The van der Waals surface area contributed by atoms with Crippen LogP contribution >= 0.6 is 15.9 Å². The van der Waals surface area contributed by atoms with Crippen molar-refractivity contribution in [2.75, 3.05) is 7.11 Å². The van der Waals surface area contributed by atoms with E-state index >= 15 is 0 Å². The predicted molar refractivity (Wildman–Crippen MR) is 61.5 cm³/mol. The summed E-state index contributed by atoms with van der Waals surface area (Å²) < 4.78 is 5.80. The van der Waals surface area contributed by atoms with Gasteiger partial charge in [-0.25, -0.2) is 0 Å². The maximum absolute atomic E-state index is 10.4. The summed E-state index contributed by atoms with van der Waals surface area (Å²) in [4.78, 5) is 10.4. The first kappa shape index (κ1) is 12.0. The van der Waals surface area contributed by atoms with Gasteiger partial charge in [-0.15, -0.1) is 0 Å². The third-order valence-corrected chi connectivity index (χ3v) is 2.97. The summed E-state index contributed by atoms with van der Waals surface area (Å²) in [5.74, 6) is 0.615. The maximum atomic E-state index is 10.4. The van der Waals surface area contributed by atoms with Crippen molar-refractivity contribution in [2.45, 2.75) is 19.3 Å². The Kier molecular flexibility index (Phi) is 4.15. The molecule has 1 rings (SSSR count). The summed E-state index contributed by atoms with van der Waals surface area (Å²) in [5.41, 5.74) is 0.955.